The number of nitrogens with one attached hydrogen (secondary N) is 2. The molecule has 1 atom stereocenters. The third-order valence-electron chi connectivity index (χ3n) is 4.45. The van der Waals surface area contributed by atoms with Crippen LogP contribution in [0.15, 0.2) is 24.3 Å². The minimum atomic E-state index is -0.300. The van der Waals surface area contributed by atoms with E-state index >= 15 is 0 Å². The Balaban J connectivity index is 1.61. The molecule has 3 amide bonds. The topological polar surface area (TPSA) is 78.5 Å². The number of likely N-dealkylation sites (tertiary alicyclic amines) is 1. The Morgan fingerprint density at radius 1 is 1.19 bits per heavy atom. The summed E-state index contributed by atoms with van der Waals surface area (Å²) in [6.07, 6.45) is 1.29. The van der Waals surface area contributed by atoms with E-state index in [1.165, 1.54) is 0 Å². The molecule has 2 N–H and O–H groups in total. The molecule has 1 unspecified atom stereocenters. The number of carbonyl (C=O) groups is 3. The Morgan fingerprint density at radius 2 is 1.85 bits per heavy atom. The van der Waals surface area contributed by atoms with Gasteiger partial charge in [0.15, 0.2) is 0 Å². The van der Waals surface area contributed by atoms with Crippen molar-refractivity contribution in [1.82, 2.24) is 15.5 Å². The molecule has 1 aliphatic heterocycles. The maximum atomic E-state index is 12.1. The number of amides is 3. The zero-order chi connectivity index (χ0) is 19.1. The molecule has 142 valence electrons. The number of aryl methyl sites for hydroxylation is 1. The number of hydrogen-bond donors (Lipinski definition) is 2. The summed E-state index contributed by atoms with van der Waals surface area (Å²) >= 11 is 5.83. The number of rotatable bonds is 8. The predicted octanol–water partition coefficient (Wildman–Crippen LogP) is 1.76. The van der Waals surface area contributed by atoms with E-state index in [0.29, 0.717) is 37.5 Å². The van der Waals surface area contributed by atoms with E-state index < -0.39 is 0 Å². The largest absolute Gasteiger partial charge is 0.354 e. The van der Waals surface area contributed by atoms with Crippen molar-refractivity contribution in [3.8, 4) is 0 Å². The van der Waals surface area contributed by atoms with E-state index in [9.17, 15) is 14.4 Å². The summed E-state index contributed by atoms with van der Waals surface area (Å²) in [7, 11) is 0. The molecule has 1 fully saturated rings. The van der Waals surface area contributed by atoms with Crippen LogP contribution in [-0.4, -0.2) is 48.3 Å². The second-order valence-electron chi connectivity index (χ2n) is 6.81. The van der Waals surface area contributed by atoms with Crippen molar-refractivity contribution in [3.63, 3.8) is 0 Å². The fourth-order valence-electron chi connectivity index (χ4n) is 2.94. The van der Waals surface area contributed by atoms with E-state index in [0.717, 1.165) is 5.56 Å². The first kappa shape index (κ1) is 20.2. The summed E-state index contributed by atoms with van der Waals surface area (Å²) in [5.41, 5.74) is 1.05. The molecule has 0 saturated carbocycles. The third kappa shape index (κ3) is 6.02. The summed E-state index contributed by atoms with van der Waals surface area (Å²) < 4.78 is 0. The molecular formula is C19H26ClN3O3. The highest BCUT2D eigenvalue weighted by atomic mass is 35.5. The molecule has 26 heavy (non-hydrogen) atoms. The predicted molar refractivity (Wildman–Crippen MR) is 101 cm³/mol. The molecule has 7 heteroatoms. The van der Waals surface area contributed by atoms with Crippen molar-refractivity contribution in [1.29, 1.82) is 0 Å². The van der Waals surface area contributed by atoms with Gasteiger partial charge in [-0.2, -0.15) is 0 Å². The number of benzene rings is 1. The molecule has 0 radical (unpaired) electrons. The number of nitrogens with zero attached hydrogens (tertiary/aromatic N) is 1. The molecule has 1 saturated heterocycles. The maximum Gasteiger partial charge on any atom is 0.225 e. The van der Waals surface area contributed by atoms with Crippen LogP contribution in [0.1, 0.15) is 32.3 Å². The lowest BCUT2D eigenvalue weighted by atomic mass is 10.1. The molecule has 1 aromatic carbocycles. The van der Waals surface area contributed by atoms with Crippen molar-refractivity contribution < 1.29 is 14.4 Å². The van der Waals surface area contributed by atoms with Crippen LogP contribution in [0.3, 0.4) is 0 Å². The molecule has 1 aromatic rings. The summed E-state index contributed by atoms with van der Waals surface area (Å²) in [5.74, 6) is -0.464. The summed E-state index contributed by atoms with van der Waals surface area (Å²) in [5, 5.41) is 6.26. The molecule has 1 aliphatic rings. The van der Waals surface area contributed by atoms with Gasteiger partial charge in [-0.3, -0.25) is 14.4 Å². The van der Waals surface area contributed by atoms with Crippen molar-refractivity contribution in [3.05, 3.63) is 34.9 Å². The summed E-state index contributed by atoms with van der Waals surface area (Å²) in [6.45, 7) is 5.09. The molecule has 2 rings (SSSR count). The van der Waals surface area contributed by atoms with Gasteiger partial charge in [-0.15, -0.1) is 0 Å². The lowest BCUT2D eigenvalue weighted by Gasteiger charge is -2.20. The van der Waals surface area contributed by atoms with E-state index in [2.05, 4.69) is 10.6 Å². The van der Waals surface area contributed by atoms with E-state index in [1.54, 1.807) is 17.0 Å². The van der Waals surface area contributed by atoms with Crippen LogP contribution in [0.4, 0.5) is 0 Å². The van der Waals surface area contributed by atoms with Gasteiger partial charge in [0.1, 0.15) is 0 Å². The molecular weight excluding hydrogens is 354 g/mol. The minimum absolute atomic E-state index is 0.0238. The van der Waals surface area contributed by atoms with Crippen molar-refractivity contribution >= 4 is 29.3 Å². The van der Waals surface area contributed by atoms with Gasteiger partial charge in [-0.1, -0.05) is 23.7 Å². The second kappa shape index (κ2) is 9.57. The number of carbonyl (C=O) groups excluding carboxylic acids is 3. The highest BCUT2D eigenvalue weighted by Gasteiger charge is 2.35. The summed E-state index contributed by atoms with van der Waals surface area (Å²) in [6, 6.07) is 7.52. The third-order valence-corrected chi connectivity index (χ3v) is 4.70. The average Bonchev–Trinajstić information content (AvgIpc) is 3.00. The van der Waals surface area contributed by atoms with Crippen LogP contribution >= 0.6 is 11.6 Å². The Labute approximate surface area is 159 Å². The van der Waals surface area contributed by atoms with E-state index in [4.69, 9.17) is 11.6 Å². The van der Waals surface area contributed by atoms with Crippen molar-refractivity contribution in [2.75, 3.05) is 19.6 Å². The van der Waals surface area contributed by atoms with Crippen LogP contribution in [0, 0.1) is 5.92 Å². The van der Waals surface area contributed by atoms with Gasteiger partial charge in [-0.25, -0.2) is 0 Å². The Kier molecular flexibility index (Phi) is 7.45. The fraction of sp³-hybridized carbons (Fsp3) is 0.526. The molecule has 0 spiro atoms. The zero-order valence-electron chi connectivity index (χ0n) is 15.3. The van der Waals surface area contributed by atoms with Crippen LogP contribution in [-0.2, 0) is 20.8 Å². The van der Waals surface area contributed by atoms with Gasteiger partial charge in [0.05, 0.1) is 5.92 Å². The minimum Gasteiger partial charge on any atom is -0.354 e. The van der Waals surface area contributed by atoms with Gasteiger partial charge in [0.25, 0.3) is 0 Å². The molecule has 1 heterocycles. The van der Waals surface area contributed by atoms with Crippen LogP contribution < -0.4 is 10.6 Å². The molecule has 0 aromatic heterocycles. The van der Waals surface area contributed by atoms with Gasteiger partial charge in [0, 0.05) is 43.5 Å². The number of hydrogen-bond acceptors (Lipinski definition) is 3. The van der Waals surface area contributed by atoms with Gasteiger partial charge in [0.2, 0.25) is 17.7 Å². The van der Waals surface area contributed by atoms with Crippen LogP contribution in [0.5, 0.6) is 0 Å². The van der Waals surface area contributed by atoms with Gasteiger partial charge in [-0.05, 0) is 38.0 Å². The molecule has 0 bridgehead atoms. The fourth-order valence-corrected chi connectivity index (χ4v) is 3.06. The first-order valence-corrected chi connectivity index (χ1v) is 9.33. The van der Waals surface area contributed by atoms with E-state index in [-0.39, 0.29) is 36.1 Å². The highest BCUT2D eigenvalue weighted by Crippen LogP contribution is 2.20. The smallest absolute Gasteiger partial charge is 0.225 e. The SMILES string of the molecule is CC(C)N1CC(C(=O)NCCNC(=O)CCc2ccc(Cl)cc2)CC1=O. The molecule has 0 aliphatic carbocycles. The second-order valence-corrected chi connectivity index (χ2v) is 7.24. The standard InChI is InChI=1S/C19H26ClN3O3/c1-13(2)23-12-15(11-18(23)25)19(26)22-10-9-21-17(24)8-5-14-3-6-16(20)7-4-14/h3-4,6-7,13,15H,5,8-12H2,1-2H3,(H,21,24)(H,22,26). The van der Waals surface area contributed by atoms with Crippen molar-refractivity contribution in [2.45, 2.75) is 39.2 Å². The lowest BCUT2D eigenvalue weighted by molar-refractivity contribution is -0.129. The first-order chi connectivity index (χ1) is 12.4. The average molecular weight is 380 g/mol. The van der Waals surface area contributed by atoms with Crippen LogP contribution in [0.25, 0.3) is 0 Å². The molecule has 6 nitrogen and oxygen atoms in total. The quantitative estimate of drug-likeness (QED) is 0.675. The normalized spacial score (nSPS) is 16.8. The zero-order valence-corrected chi connectivity index (χ0v) is 16.0. The Morgan fingerprint density at radius 3 is 2.46 bits per heavy atom. The van der Waals surface area contributed by atoms with Gasteiger partial charge < -0.3 is 15.5 Å². The Bertz CT molecular complexity index is 646. The highest BCUT2D eigenvalue weighted by molar-refractivity contribution is 6.30. The number of halogens is 1. The maximum absolute atomic E-state index is 12.1. The Hall–Kier alpha value is -2.08. The monoisotopic (exact) mass is 379 g/mol. The first-order valence-electron chi connectivity index (χ1n) is 8.95. The lowest BCUT2D eigenvalue weighted by Crippen LogP contribution is -2.39. The van der Waals surface area contributed by atoms with E-state index in [1.807, 2.05) is 26.0 Å². The van der Waals surface area contributed by atoms with Crippen molar-refractivity contribution in [2.24, 2.45) is 5.92 Å². The summed E-state index contributed by atoms with van der Waals surface area (Å²) in [4.78, 5) is 37.5. The van der Waals surface area contributed by atoms with Crippen LogP contribution in [0.2, 0.25) is 5.02 Å². The van der Waals surface area contributed by atoms with Gasteiger partial charge >= 0.3 is 0 Å².